The summed E-state index contributed by atoms with van der Waals surface area (Å²) in [6, 6.07) is 15.6. The van der Waals surface area contributed by atoms with Gasteiger partial charge in [-0.25, -0.2) is 54.9 Å². The highest BCUT2D eigenvalue weighted by atomic mass is 32.2. The van der Waals surface area contributed by atoms with Crippen molar-refractivity contribution in [2.75, 3.05) is 13.2 Å². The zero-order valence-electron chi connectivity index (χ0n) is 36.7. The van der Waals surface area contributed by atoms with Crippen LogP contribution in [0.2, 0.25) is 0 Å². The summed E-state index contributed by atoms with van der Waals surface area (Å²) in [5, 5.41) is 15.1. The van der Waals surface area contributed by atoms with Gasteiger partial charge in [-0.3, -0.25) is 0 Å². The number of hydrogen-bond donors (Lipinski definition) is 0. The van der Waals surface area contributed by atoms with Gasteiger partial charge in [0.2, 0.25) is 0 Å². The topological polar surface area (TPSA) is 200 Å². The maximum Gasteiger partial charge on any atom is 0.416 e. The number of nitrogens with zero attached hydrogens (tertiary/aromatic N) is 10. The van der Waals surface area contributed by atoms with Crippen LogP contribution in [0.25, 0.3) is 11.4 Å². The molecular weight excluding hydrogens is 1000 g/mol. The van der Waals surface area contributed by atoms with Gasteiger partial charge in [0.25, 0.3) is 0 Å². The minimum absolute atomic E-state index is 0.0428. The van der Waals surface area contributed by atoms with Crippen LogP contribution in [0.15, 0.2) is 132 Å². The van der Waals surface area contributed by atoms with E-state index in [0.717, 1.165) is 49.1 Å². The Bertz CT molecular complexity index is 3250. The van der Waals surface area contributed by atoms with Crippen molar-refractivity contribution in [3.63, 3.8) is 0 Å². The van der Waals surface area contributed by atoms with Gasteiger partial charge in [0, 0.05) is 23.0 Å². The first-order valence-corrected chi connectivity index (χ1v) is 24.6. The number of fused-ring (bicyclic) bond motifs is 2. The van der Waals surface area contributed by atoms with Crippen molar-refractivity contribution in [1.29, 1.82) is 0 Å². The third kappa shape index (κ3) is 10.6. The lowest BCUT2D eigenvalue weighted by Gasteiger charge is -2.28. The fraction of sp³-hybridized carbons (Fsp3) is 0.217. The Morgan fingerprint density at radius 2 is 0.903 bits per heavy atom. The summed E-state index contributed by atoms with van der Waals surface area (Å²) in [4.78, 5) is 14.7. The molecule has 16 nitrogen and oxygen atoms in total. The van der Waals surface area contributed by atoms with Crippen LogP contribution in [0.5, 0.6) is 11.5 Å². The van der Waals surface area contributed by atoms with Crippen molar-refractivity contribution in [1.82, 2.24) is 49.9 Å². The van der Waals surface area contributed by atoms with E-state index >= 15 is 0 Å². The van der Waals surface area contributed by atoms with Crippen molar-refractivity contribution >= 4 is 19.7 Å². The summed E-state index contributed by atoms with van der Waals surface area (Å²) >= 11 is 0. The minimum atomic E-state index is -4.54. The van der Waals surface area contributed by atoms with E-state index in [1.165, 1.54) is 70.5 Å². The molecule has 372 valence electrons. The van der Waals surface area contributed by atoms with Crippen LogP contribution >= 0.6 is 0 Å². The predicted molar refractivity (Wildman–Crippen MR) is 235 cm³/mol. The summed E-state index contributed by atoms with van der Waals surface area (Å²) in [5.74, 6) is -2.72. The molecule has 8 aromatic rings. The Morgan fingerprint density at radius 3 is 1.25 bits per heavy atom. The molecule has 4 aromatic heterocycles. The number of halogens is 8. The zero-order valence-corrected chi connectivity index (χ0v) is 38.3. The number of rotatable bonds is 10. The van der Waals surface area contributed by atoms with Crippen LogP contribution in [0.1, 0.15) is 69.7 Å². The molecule has 26 heteroatoms. The van der Waals surface area contributed by atoms with Gasteiger partial charge < -0.3 is 9.47 Å². The number of ether oxygens (including phenoxy) is 2. The standard InChI is InChI=1S/2C23H17F4N5O3S/c2*24-15-11-28-22(29-12-15)13-36(33,34)16-2-4-19-17(5-8-35-21(19)10-16)18-3-1-14(23(25,26)27)9-20(18)32-7-6-30-31-32/h2*1-4,6-7,9-12,17H,5,8,13H2/t2*17-/m10/s1. The van der Waals surface area contributed by atoms with E-state index in [0.29, 0.717) is 46.6 Å². The highest BCUT2D eigenvalue weighted by Gasteiger charge is 2.36. The van der Waals surface area contributed by atoms with E-state index in [1.807, 2.05) is 0 Å². The van der Waals surface area contributed by atoms with E-state index in [1.54, 1.807) is 12.1 Å². The molecule has 4 aromatic carbocycles. The van der Waals surface area contributed by atoms with Crippen LogP contribution in [0.3, 0.4) is 0 Å². The molecule has 2 atom stereocenters. The van der Waals surface area contributed by atoms with E-state index in [2.05, 4.69) is 40.6 Å². The van der Waals surface area contributed by atoms with Crippen molar-refractivity contribution < 1.29 is 61.4 Å². The van der Waals surface area contributed by atoms with Crippen molar-refractivity contribution in [2.45, 2.75) is 58.3 Å². The van der Waals surface area contributed by atoms with Crippen LogP contribution in [-0.4, -0.2) is 80.0 Å². The molecule has 2 aliphatic heterocycles. The van der Waals surface area contributed by atoms with Crippen molar-refractivity contribution in [2.24, 2.45) is 0 Å². The quantitative estimate of drug-likeness (QED) is 0.119. The third-order valence-corrected chi connectivity index (χ3v) is 14.8. The normalized spacial score (nSPS) is 15.8. The summed E-state index contributed by atoms with van der Waals surface area (Å²) in [6.07, 6.45) is 0.991. The van der Waals surface area contributed by atoms with Gasteiger partial charge in [-0.2, -0.15) is 26.3 Å². The summed E-state index contributed by atoms with van der Waals surface area (Å²) < 4.78 is 172. The first kappa shape index (κ1) is 49.2. The van der Waals surface area contributed by atoms with Gasteiger partial charge in [0.05, 0.1) is 95.1 Å². The molecule has 6 heterocycles. The number of benzene rings is 4. The Kier molecular flexibility index (Phi) is 13.3. The number of sulfone groups is 2. The lowest BCUT2D eigenvalue weighted by atomic mass is 9.85. The molecule has 0 spiro atoms. The fourth-order valence-electron chi connectivity index (χ4n) is 8.21. The van der Waals surface area contributed by atoms with Crippen molar-refractivity contribution in [3.8, 4) is 22.9 Å². The summed E-state index contributed by atoms with van der Waals surface area (Å²) in [7, 11) is -7.76. The van der Waals surface area contributed by atoms with E-state index in [-0.39, 0.29) is 57.9 Å². The van der Waals surface area contributed by atoms with Crippen LogP contribution < -0.4 is 9.47 Å². The summed E-state index contributed by atoms with van der Waals surface area (Å²) in [5.41, 5.74) is 1.15. The van der Waals surface area contributed by atoms with Gasteiger partial charge in [-0.1, -0.05) is 34.7 Å². The Hall–Kier alpha value is -7.74. The molecule has 0 fully saturated rings. The molecule has 0 saturated heterocycles. The van der Waals surface area contributed by atoms with Gasteiger partial charge >= 0.3 is 12.4 Å². The monoisotopic (exact) mass is 1040 g/mol. The van der Waals surface area contributed by atoms with Gasteiger partial charge in [0.1, 0.15) is 34.7 Å². The molecule has 72 heavy (non-hydrogen) atoms. The molecule has 0 saturated carbocycles. The van der Waals surface area contributed by atoms with Crippen LogP contribution in [-0.2, 0) is 43.5 Å². The highest BCUT2D eigenvalue weighted by Crippen LogP contribution is 2.45. The first-order chi connectivity index (χ1) is 34.2. The number of hydrogen-bond acceptors (Lipinski definition) is 14. The zero-order chi connectivity index (χ0) is 51.0. The Balaban J connectivity index is 0.000000178. The minimum Gasteiger partial charge on any atom is -0.493 e. The van der Waals surface area contributed by atoms with E-state index in [4.69, 9.17) is 9.47 Å². The number of alkyl halides is 6. The average Bonchev–Trinajstić information content (AvgIpc) is 4.11. The van der Waals surface area contributed by atoms with Crippen LogP contribution in [0.4, 0.5) is 35.1 Å². The lowest BCUT2D eigenvalue weighted by molar-refractivity contribution is -0.138. The lowest BCUT2D eigenvalue weighted by Crippen LogP contribution is -2.18. The average molecular weight is 1040 g/mol. The van der Waals surface area contributed by atoms with Gasteiger partial charge in [-0.05, 0) is 72.5 Å². The molecule has 0 radical (unpaired) electrons. The SMILES string of the molecule is O=S(=O)(Cc1ncc(F)cn1)c1ccc2c(c1)OCC[C@@H]2c1ccc(C(F)(F)F)cc1-n1ccnn1.O=S(=O)(Cc1ncc(F)cn1)c1ccc2c(c1)OCC[C@H]2c1ccc(C(F)(F)F)cc1-n1ccnn1. The first-order valence-electron chi connectivity index (χ1n) is 21.3. The molecular formula is C46H34F8N10O6S2. The fourth-order valence-corrected chi connectivity index (χ4v) is 10.6. The Morgan fingerprint density at radius 1 is 0.528 bits per heavy atom. The van der Waals surface area contributed by atoms with E-state index < -0.39 is 66.3 Å². The van der Waals surface area contributed by atoms with Crippen molar-refractivity contribution in [3.05, 3.63) is 179 Å². The maximum atomic E-state index is 13.4. The Labute approximate surface area is 403 Å². The van der Waals surface area contributed by atoms with Gasteiger partial charge in [0.15, 0.2) is 31.3 Å². The van der Waals surface area contributed by atoms with E-state index in [9.17, 15) is 52.0 Å². The molecule has 0 amide bonds. The molecule has 0 aliphatic carbocycles. The van der Waals surface area contributed by atoms with Crippen LogP contribution in [0, 0.1) is 11.6 Å². The number of aromatic nitrogens is 10. The van der Waals surface area contributed by atoms with Gasteiger partial charge in [-0.15, -0.1) is 10.2 Å². The second kappa shape index (κ2) is 19.5. The molecule has 0 bridgehead atoms. The summed E-state index contributed by atoms with van der Waals surface area (Å²) in [6.45, 7) is 0.445. The smallest absolute Gasteiger partial charge is 0.416 e. The molecule has 0 unspecified atom stereocenters. The second-order valence-electron chi connectivity index (χ2n) is 16.2. The third-order valence-electron chi connectivity index (χ3n) is 11.6. The molecule has 0 N–H and O–H groups in total. The molecule has 10 rings (SSSR count). The predicted octanol–water partition coefficient (Wildman–Crippen LogP) is 8.21. The highest BCUT2D eigenvalue weighted by molar-refractivity contribution is 7.91. The second-order valence-corrected chi connectivity index (χ2v) is 20.1. The maximum absolute atomic E-state index is 13.4. The molecule has 2 aliphatic rings. The largest absolute Gasteiger partial charge is 0.493 e.